The van der Waals surface area contributed by atoms with Crippen molar-refractivity contribution in [3.8, 4) is 11.5 Å². The minimum atomic E-state index is -0.271. The lowest BCUT2D eigenvalue weighted by molar-refractivity contribution is -0.133. The molecule has 0 spiro atoms. The summed E-state index contributed by atoms with van der Waals surface area (Å²) in [6.07, 6.45) is 9.09. The number of carbonyl (C=O) groups is 2. The van der Waals surface area contributed by atoms with Gasteiger partial charge < -0.3 is 30.7 Å². The van der Waals surface area contributed by atoms with Gasteiger partial charge in [-0.1, -0.05) is 55.5 Å². The fraction of sp³-hybridized carbons (Fsp3) is 0.533. The van der Waals surface area contributed by atoms with Gasteiger partial charge in [-0.2, -0.15) is 0 Å². The third-order valence-electron chi connectivity index (χ3n) is 7.51. The maximum Gasteiger partial charge on any atom is 0.262 e. The van der Waals surface area contributed by atoms with Gasteiger partial charge in [-0.25, -0.2) is 0 Å². The van der Waals surface area contributed by atoms with Gasteiger partial charge in [-0.3, -0.25) is 9.59 Å². The summed E-state index contributed by atoms with van der Waals surface area (Å²) in [6.45, 7) is 3.52. The summed E-state index contributed by atoms with van der Waals surface area (Å²) in [5.74, 6) is 0.490. The highest BCUT2D eigenvalue weighted by molar-refractivity contribution is 6.30. The number of carbonyl (C=O) groups excluding carboxylic acids is 2. The van der Waals surface area contributed by atoms with Gasteiger partial charge in [-0.15, -0.1) is 0 Å². The van der Waals surface area contributed by atoms with Gasteiger partial charge >= 0.3 is 0 Å². The summed E-state index contributed by atoms with van der Waals surface area (Å²) in [5.41, 5.74) is 2.46. The number of ether oxygens (including phenoxy) is 1. The SMILES string of the molecule is O=C1COc2c(CCNCCN(C(=O)CCNCCc3cccc(Cl)c3)C3CCCCCC3)ccc(O)c2N1. The van der Waals surface area contributed by atoms with E-state index in [1.807, 2.05) is 24.3 Å². The lowest BCUT2D eigenvalue weighted by Gasteiger charge is -2.32. The molecule has 1 fully saturated rings. The number of rotatable bonds is 13. The lowest BCUT2D eigenvalue weighted by Crippen LogP contribution is -2.45. The number of aromatic hydroxyl groups is 1. The van der Waals surface area contributed by atoms with E-state index >= 15 is 0 Å². The molecule has 0 bridgehead atoms. The zero-order valence-corrected chi connectivity index (χ0v) is 23.4. The van der Waals surface area contributed by atoms with Crippen LogP contribution >= 0.6 is 11.6 Å². The number of fused-ring (bicyclic) bond motifs is 1. The van der Waals surface area contributed by atoms with Crippen LogP contribution in [0.2, 0.25) is 5.02 Å². The summed E-state index contributed by atoms with van der Waals surface area (Å²) >= 11 is 6.07. The van der Waals surface area contributed by atoms with Crippen LogP contribution < -0.4 is 20.7 Å². The summed E-state index contributed by atoms with van der Waals surface area (Å²) in [4.78, 5) is 27.0. The van der Waals surface area contributed by atoms with E-state index in [0.29, 0.717) is 56.5 Å². The average Bonchev–Trinajstić information content (AvgIpc) is 3.21. The summed E-state index contributed by atoms with van der Waals surface area (Å²) in [7, 11) is 0. The molecule has 2 aromatic carbocycles. The molecule has 1 heterocycles. The number of phenolic OH excluding ortho intramolecular Hbond substituents is 1. The van der Waals surface area contributed by atoms with Crippen molar-refractivity contribution >= 4 is 29.1 Å². The second kappa shape index (κ2) is 15.1. The zero-order chi connectivity index (χ0) is 27.5. The molecule has 2 aromatic rings. The number of anilines is 1. The molecule has 9 heteroatoms. The van der Waals surface area contributed by atoms with Gasteiger partial charge in [0, 0.05) is 37.1 Å². The van der Waals surface area contributed by atoms with Crippen LogP contribution in [0.15, 0.2) is 36.4 Å². The number of nitrogens with one attached hydrogen (secondary N) is 3. The Morgan fingerprint density at radius 3 is 2.59 bits per heavy atom. The van der Waals surface area contributed by atoms with E-state index < -0.39 is 0 Å². The largest absolute Gasteiger partial charge is 0.506 e. The van der Waals surface area contributed by atoms with E-state index in [1.54, 1.807) is 6.07 Å². The van der Waals surface area contributed by atoms with E-state index in [9.17, 15) is 14.7 Å². The van der Waals surface area contributed by atoms with Crippen molar-refractivity contribution in [1.29, 1.82) is 0 Å². The van der Waals surface area contributed by atoms with Crippen molar-refractivity contribution in [2.75, 3.05) is 44.6 Å². The third-order valence-corrected chi connectivity index (χ3v) is 7.75. The average molecular weight is 557 g/mol. The summed E-state index contributed by atoms with van der Waals surface area (Å²) in [5, 5.41) is 20.4. The van der Waals surface area contributed by atoms with Crippen LogP contribution in [-0.2, 0) is 22.4 Å². The molecule has 4 rings (SSSR count). The van der Waals surface area contributed by atoms with Crippen molar-refractivity contribution in [2.24, 2.45) is 0 Å². The second-order valence-electron chi connectivity index (χ2n) is 10.4. The molecule has 0 radical (unpaired) electrons. The molecule has 0 aromatic heterocycles. The number of phenols is 1. The van der Waals surface area contributed by atoms with E-state index in [-0.39, 0.29) is 24.2 Å². The van der Waals surface area contributed by atoms with Crippen molar-refractivity contribution in [3.05, 3.63) is 52.5 Å². The van der Waals surface area contributed by atoms with Gasteiger partial charge in [0.05, 0.1) is 0 Å². The molecule has 8 nitrogen and oxygen atoms in total. The molecule has 1 saturated carbocycles. The first kappa shape index (κ1) is 29.2. The van der Waals surface area contributed by atoms with Crippen LogP contribution in [-0.4, -0.2) is 67.2 Å². The standard InChI is InChI=1S/C30H41ClN4O4/c31-24-7-5-6-22(20-24)12-15-32-17-14-28(38)35(25-8-3-1-2-4-9-25)19-18-33-16-13-23-10-11-26(36)29-30(23)39-21-27(37)34-29/h5-7,10-11,20,25,32-33,36H,1-4,8-9,12-19,21H2,(H,34,37). The smallest absolute Gasteiger partial charge is 0.262 e. The molecule has 0 saturated heterocycles. The number of benzene rings is 2. The van der Waals surface area contributed by atoms with Crippen molar-refractivity contribution < 1.29 is 19.4 Å². The van der Waals surface area contributed by atoms with Crippen LogP contribution in [0.1, 0.15) is 56.1 Å². The molecule has 39 heavy (non-hydrogen) atoms. The highest BCUT2D eigenvalue weighted by Gasteiger charge is 2.24. The normalized spacial score (nSPS) is 15.7. The Bertz CT molecular complexity index is 1100. The van der Waals surface area contributed by atoms with Crippen LogP contribution in [0, 0.1) is 0 Å². The maximum atomic E-state index is 13.3. The Morgan fingerprint density at radius 2 is 1.79 bits per heavy atom. The van der Waals surface area contributed by atoms with Gasteiger partial charge in [0.25, 0.3) is 5.91 Å². The van der Waals surface area contributed by atoms with Crippen LogP contribution in [0.25, 0.3) is 0 Å². The van der Waals surface area contributed by atoms with Crippen molar-refractivity contribution in [3.63, 3.8) is 0 Å². The lowest BCUT2D eigenvalue weighted by atomic mass is 10.1. The van der Waals surface area contributed by atoms with Gasteiger partial charge in [-0.05, 0) is 68.1 Å². The Morgan fingerprint density at radius 1 is 1.03 bits per heavy atom. The first-order chi connectivity index (χ1) is 19.0. The predicted octanol–water partition coefficient (Wildman–Crippen LogP) is 4.28. The number of halogens is 1. The predicted molar refractivity (Wildman–Crippen MR) is 155 cm³/mol. The van der Waals surface area contributed by atoms with E-state index in [0.717, 1.165) is 36.4 Å². The molecule has 0 atom stereocenters. The molecular weight excluding hydrogens is 516 g/mol. The van der Waals surface area contributed by atoms with Gasteiger partial charge in [0.15, 0.2) is 12.4 Å². The first-order valence-electron chi connectivity index (χ1n) is 14.2. The Kier molecular flexibility index (Phi) is 11.3. The third kappa shape index (κ3) is 8.85. The minimum Gasteiger partial charge on any atom is -0.506 e. The molecule has 0 unspecified atom stereocenters. The van der Waals surface area contributed by atoms with E-state index in [4.69, 9.17) is 16.3 Å². The molecule has 1 aliphatic heterocycles. The minimum absolute atomic E-state index is 0.00580. The van der Waals surface area contributed by atoms with Crippen molar-refractivity contribution in [1.82, 2.24) is 15.5 Å². The summed E-state index contributed by atoms with van der Waals surface area (Å²) in [6, 6.07) is 11.6. The number of hydrogen-bond acceptors (Lipinski definition) is 6. The molecule has 212 valence electrons. The molecule has 2 aliphatic rings. The highest BCUT2D eigenvalue weighted by Crippen LogP contribution is 2.39. The van der Waals surface area contributed by atoms with Gasteiger partial charge in [0.1, 0.15) is 11.4 Å². The topological polar surface area (TPSA) is 103 Å². The highest BCUT2D eigenvalue weighted by atomic mass is 35.5. The number of amides is 2. The van der Waals surface area contributed by atoms with E-state index in [1.165, 1.54) is 31.2 Å². The van der Waals surface area contributed by atoms with Crippen LogP contribution in [0.3, 0.4) is 0 Å². The van der Waals surface area contributed by atoms with Crippen molar-refractivity contribution in [2.45, 2.75) is 63.8 Å². The van der Waals surface area contributed by atoms with Crippen LogP contribution in [0.5, 0.6) is 11.5 Å². The number of nitrogens with zero attached hydrogens (tertiary/aromatic N) is 1. The number of hydrogen-bond donors (Lipinski definition) is 4. The molecule has 4 N–H and O–H groups in total. The van der Waals surface area contributed by atoms with Crippen LogP contribution in [0.4, 0.5) is 5.69 Å². The van der Waals surface area contributed by atoms with E-state index in [2.05, 4.69) is 26.9 Å². The van der Waals surface area contributed by atoms with Gasteiger partial charge in [0.2, 0.25) is 5.91 Å². The Balaban J connectivity index is 1.23. The monoisotopic (exact) mass is 556 g/mol. The summed E-state index contributed by atoms with van der Waals surface area (Å²) < 4.78 is 5.59. The molecule has 1 aliphatic carbocycles. The first-order valence-corrected chi connectivity index (χ1v) is 14.6. The Labute approximate surface area is 236 Å². The zero-order valence-electron chi connectivity index (χ0n) is 22.6. The second-order valence-corrected chi connectivity index (χ2v) is 10.8. The Hall–Kier alpha value is -2.81. The fourth-order valence-corrected chi connectivity index (χ4v) is 5.64. The maximum absolute atomic E-state index is 13.3. The molecule has 2 amide bonds. The molecular formula is C30H41ClN4O4. The fourth-order valence-electron chi connectivity index (χ4n) is 5.43. The quantitative estimate of drug-likeness (QED) is 0.167.